The molecular weight excluding hydrogens is 230 g/mol. The van der Waals surface area contributed by atoms with Gasteiger partial charge in [-0.1, -0.05) is 12.1 Å². The minimum absolute atomic E-state index is 0.210. The SMILES string of the molecule is O=C(CC(O)C(=O)O)c1ccccc1[N+](=O)[O-]. The van der Waals surface area contributed by atoms with Crippen molar-refractivity contribution in [2.45, 2.75) is 12.5 Å². The zero-order valence-corrected chi connectivity index (χ0v) is 8.57. The van der Waals surface area contributed by atoms with Gasteiger partial charge in [-0.15, -0.1) is 0 Å². The van der Waals surface area contributed by atoms with Crippen molar-refractivity contribution >= 4 is 17.4 Å². The van der Waals surface area contributed by atoms with Crippen LogP contribution in [0.3, 0.4) is 0 Å². The number of nitro benzene ring substituents is 1. The lowest BCUT2D eigenvalue weighted by molar-refractivity contribution is -0.385. The number of nitrogens with zero attached hydrogens (tertiary/aromatic N) is 1. The highest BCUT2D eigenvalue weighted by Gasteiger charge is 2.24. The maximum Gasteiger partial charge on any atom is 0.332 e. The van der Waals surface area contributed by atoms with Crippen molar-refractivity contribution in [3.05, 3.63) is 39.9 Å². The number of aliphatic hydroxyl groups excluding tert-OH is 1. The van der Waals surface area contributed by atoms with E-state index in [4.69, 9.17) is 10.2 Å². The molecule has 0 aliphatic heterocycles. The molecular formula is C10H9NO6. The highest BCUT2D eigenvalue weighted by atomic mass is 16.6. The van der Waals surface area contributed by atoms with Crippen LogP contribution >= 0.6 is 0 Å². The first-order chi connectivity index (χ1) is 7.93. The molecule has 1 atom stereocenters. The normalized spacial score (nSPS) is 11.8. The number of aliphatic hydroxyl groups is 1. The average Bonchev–Trinajstić information content (AvgIpc) is 2.28. The third-order valence-electron chi connectivity index (χ3n) is 2.06. The molecule has 0 heterocycles. The number of rotatable bonds is 5. The van der Waals surface area contributed by atoms with Gasteiger partial charge in [0.15, 0.2) is 11.9 Å². The van der Waals surface area contributed by atoms with Gasteiger partial charge in [0.2, 0.25) is 0 Å². The molecule has 0 aliphatic carbocycles. The van der Waals surface area contributed by atoms with E-state index >= 15 is 0 Å². The van der Waals surface area contributed by atoms with Gasteiger partial charge in [-0.25, -0.2) is 4.79 Å². The third-order valence-corrected chi connectivity index (χ3v) is 2.06. The first kappa shape index (κ1) is 12.8. The number of carboxylic acid groups (broad SMARTS) is 1. The van der Waals surface area contributed by atoms with Crippen LogP contribution < -0.4 is 0 Å². The van der Waals surface area contributed by atoms with Crippen LogP contribution in [0.4, 0.5) is 5.69 Å². The van der Waals surface area contributed by atoms with Crippen LogP contribution in [0.1, 0.15) is 16.8 Å². The van der Waals surface area contributed by atoms with Gasteiger partial charge in [0, 0.05) is 12.5 Å². The predicted octanol–water partition coefficient (Wildman–Crippen LogP) is 0.613. The lowest BCUT2D eigenvalue weighted by atomic mass is 10.0. The first-order valence-electron chi connectivity index (χ1n) is 4.61. The van der Waals surface area contributed by atoms with Gasteiger partial charge in [0.05, 0.1) is 10.5 Å². The van der Waals surface area contributed by atoms with Gasteiger partial charge < -0.3 is 10.2 Å². The molecule has 1 aromatic rings. The molecule has 0 spiro atoms. The third kappa shape index (κ3) is 3.08. The van der Waals surface area contributed by atoms with Crippen molar-refractivity contribution in [2.75, 3.05) is 0 Å². The van der Waals surface area contributed by atoms with Gasteiger partial charge in [-0.05, 0) is 6.07 Å². The average molecular weight is 239 g/mol. The van der Waals surface area contributed by atoms with E-state index in [9.17, 15) is 19.7 Å². The number of hydrogen-bond acceptors (Lipinski definition) is 5. The minimum atomic E-state index is -1.86. The van der Waals surface area contributed by atoms with Crippen LogP contribution in [-0.2, 0) is 4.79 Å². The Bertz CT molecular complexity index is 470. The number of carboxylic acids is 1. The van der Waals surface area contributed by atoms with Crippen LogP contribution in [-0.4, -0.2) is 33.0 Å². The molecule has 17 heavy (non-hydrogen) atoms. The van der Waals surface area contributed by atoms with Crippen molar-refractivity contribution < 1.29 is 24.7 Å². The summed E-state index contributed by atoms with van der Waals surface area (Å²) in [7, 11) is 0. The zero-order chi connectivity index (χ0) is 13.0. The molecule has 1 unspecified atom stereocenters. The first-order valence-corrected chi connectivity index (χ1v) is 4.61. The lowest BCUT2D eigenvalue weighted by Crippen LogP contribution is -2.23. The number of carbonyl (C=O) groups is 2. The number of carbonyl (C=O) groups excluding carboxylic acids is 1. The summed E-state index contributed by atoms with van der Waals surface area (Å²) in [6.07, 6.45) is -2.55. The van der Waals surface area contributed by atoms with E-state index < -0.39 is 34.9 Å². The van der Waals surface area contributed by atoms with Crippen LogP contribution in [0.5, 0.6) is 0 Å². The van der Waals surface area contributed by atoms with Crippen molar-refractivity contribution in [1.29, 1.82) is 0 Å². The molecule has 7 nitrogen and oxygen atoms in total. The summed E-state index contributed by atoms with van der Waals surface area (Å²) in [5.41, 5.74) is -0.618. The summed E-state index contributed by atoms with van der Waals surface area (Å²) in [6, 6.07) is 5.17. The lowest BCUT2D eigenvalue weighted by Gasteiger charge is -2.04. The van der Waals surface area contributed by atoms with Crippen LogP contribution in [0.25, 0.3) is 0 Å². The molecule has 0 aliphatic rings. The van der Waals surface area contributed by atoms with Crippen LogP contribution in [0, 0.1) is 10.1 Å². The summed E-state index contributed by atoms with van der Waals surface area (Å²) in [4.78, 5) is 31.8. The second-order valence-electron chi connectivity index (χ2n) is 3.26. The monoisotopic (exact) mass is 239 g/mol. The van der Waals surface area contributed by atoms with E-state index in [-0.39, 0.29) is 5.56 Å². The van der Waals surface area contributed by atoms with Gasteiger partial charge in [0.25, 0.3) is 5.69 Å². The smallest absolute Gasteiger partial charge is 0.332 e. The van der Waals surface area contributed by atoms with Crippen molar-refractivity contribution in [3.8, 4) is 0 Å². The van der Waals surface area contributed by atoms with Gasteiger partial charge in [-0.2, -0.15) is 0 Å². The Balaban J connectivity index is 2.97. The highest BCUT2D eigenvalue weighted by molar-refractivity contribution is 6.01. The van der Waals surface area contributed by atoms with E-state index in [2.05, 4.69) is 0 Å². The van der Waals surface area contributed by atoms with E-state index in [1.165, 1.54) is 18.2 Å². The second-order valence-corrected chi connectivity index (χ2v) is 3.26. The molecule has 90 valence electrons. The molecule has 0 radical (unpaired) electrons. The fourth-order valence-corrected chi connectivity index (χ4v) is 1.24. The number of nitro groups is 1. The maximum absolute atomic E-state index is 11.6. The standard InChI is InChI=1S/C10H9NO6/c12-8(5-9(13)10(14)15)6-3-1-2-4-7(6)11(16)17/h1-4,9,13H,5H2,(H,14,15). The van der Waals surface area contributed by atoms with Crippen molar-refractivity contribution in [1.82, 2.24) is 0 Å². The quantitative estimate of drug-likeness (QED) is 0.441. The number of Topliss-reactive ketones (excluding diaryl/α,β-unsaturated/α-hetero) is 1. The van der Waals surface area contributed by atoms with E-state index in [0.29, 0.717) is 0 Å². The number of hydrogen-bond donors (Lipinski definition) is 2. The summed E-state index contributed by atoms with van der Waals surface area (Å²) in [5, 5.41) is 28.0. The Morgan fingerprint density at radius 2 is 1.94 bits per heavy atom. The molecule has 0 aromatic heterocycles. The summed E-state index contributed by atoms with van der Waals surface area (Å²) < 4.78 is 0. The van der Waals surface area contributed by atoms with E-state index in [1.807, 2.05) is 0 Å². The second kappa shape index (κ2) is 5.17. The summed E-state index contributed by atoms with van der Waals surface area (Å²) in [5.74, 6) is -2.33. The van der Waals surface area contributed by atoms with Crippen molar-refractivity contribution in [3.63, 3.8) is 0 Å². The Morgan fingerprint density at radius 3 is 2.47 bits per heavy atom. The number of para-hydroxylation sites is 1. The molecule has 1 aromatic carbocycles. The topological polar surface area (TPSA) is 118 Å². The largest absolute Gasteiger partial charge is 0.479 e. The molecule has 1 rings (SSSR count). The van der Waals surface area contributed by atoms with Crippen molar-refractivity contribution in [2.24, 2.45) is 0 Å². The molecule has 0 fully saturated rings. The summed E-state index contributed by atoms with van der Waals surface area (Å²) in [6.45, 7) is 0. The molecule has 2 N–H and O–H groups in total. The van der Waals surface area contributed by atoms with Crippen LogP contribution in [0.2, 0.25) is 0 Å². The molecule has 0 saturated carbocycles. The Labute approximate surface area is 95.5 Å². The molecule has 0 saturated heterocycles. The minimum Gasteiger partial charge on any atom is -0.479 e. The Hall–Kier alpha value is -2.28. The van der Waals surface area contributed by atoms with Gasteiger partial charge >= 0.3 is 5.97 Å². The highest BCUT2D eigenvalue weighted by Crippen LogP contribution is 2.19. The Kier molecular flexibility index (Phi) is 3.89. The van der Waals surface area contributed by atoms with E-state index in [0.717, 1.165) is 6.07 Å². The zero-order valence-electron chi connectivity index (χ0n) is 8.57. The van der Waals surface area contributed by atoms with Gasteiger partial charge in [-0.3, -0.25) is 14.9 Å². The summed E-state index contributed by atoms with van der Waals surface area (Å²) >= 11 is 0. The van der Waals surface area contributed by atoms with Crippen LogP contribution in [0.15, 0.2) is 24.3 Å². The van der Waals surface area contributed by atoms with Gasteiger partial charge in [0.1, 0.15) is 0 Å². The number of aliphatic carboxylic acids is 1. The maximum atomic E-state index is 11.6. The molecule has 0 amide bonds. The molecule has 0 bridgehead atoms. The molecule has 7 heteroatoms. The predicted molar refractivity (Wildman–Crippen MR) is 55.7 cm³/mol. The number of benzene rings is 1. The fraction of sp³-hybridized carbons (Fsp3) is 0.200. The fourth-order valence-electron chi connectivity index (χ4n) is 1.24. The Morgan fingerprint density at radius 1 is 1.35 bits per heavy atom. The number of ketones is 1. The van der Waals surface area contributed by atoms with E-state index in [1.54, 1.807) is 0 Å².